The monoisotopic (exact) mass is 584 g/mol. The van der Waals surface area contributed by atoms with Gasteiger partial charge in [0.2, 0.25) is 0 Å². The Bertz CT molecular complexity index is 1550. The van der Waals surface area contributed by atoms with E-state index in [1.165, 1.54) is 7.11 Å². The molecule has 4 aromatic rings. The van der Waals surface area contributed by atoms with E-state index in [9.17, 15) is 9.59 Å². The maximum atomic E-state index is 13.6. The molecule has 0 saturated heterocycles. The highest BCUT2D eigenvalue weighted by Crippen LogP contribution is 2.22. The van der Waals surface area contributed by atoms with Gasteiger partial charge in [-0.3, -0.25) is 10.2 Å². The van der Waals surface area contributed by atoms with Crippen LogP contribution in [0.3, 0.4) is 0 Å². The molecule has 0 aliphatic heterocycles. The van der Waals surface area contributed by atoms with Gasteiger partial charge in [0.15, 0.2) is 0 Å². The van der Waals surface area contributed by atoms with Crippen LogP contribution in [0.25, 0.3) is 11.0 Å². The number of methoxy groups -OCH3 is 1. The first kappa shape index (κ1) is 31.4. The zero-order chi connectivity index (χ0) is 30.8. The molecule has 1 aromatic heterocycles. The minimum atomic E-state index is -0.405. The summed E-state index contributed by atoms with van der Waals surface area (Å²) in [5.74, 6) is 0.450. The van der Waals surface area contributed by atoms with Crippen LogP contribution >= 0.6 is 0 Å². The molecule has 0 spiro atoms. The topological polar surface area (TPSA) is 150 Å². The Hall–Kier alpha value is -4.54. The van der Waals surface area contributed by atoms with Crippen LogP contribution in [-0.2, 0) is 35.4 Å². The van der Waals surface area contributed by atoms with Gasteiger partial charge in [-0.2, -0.15) is 0 Å². The van der Waals surface area contributed by atoms with E-state index in [4.69, 9.17) is 31.3 Å². The van der Waals surface area contributed by atoms with Gasteiger partial charge in [-0.1, -0.05) is 36.4 Å². The first-order chi connectivity index (χ1) is 20.8. The van der Waals surface area contributed by atoms with Gasteiger partial charge < -0.3 is 30.4 Å². The third-order valence-electron chi connectivity index (χ3n) is 7.29. The fourth-order valence-electron chi connectivity index (χ4n) is 5.00. The fraction of sp³-hybridized carbons (Fsp3) is 0.333. The molecule has 0 fully saturated rings. The number of fused-ring (bicyclic) bond motifs is 1. The van der Waals surface area contributed by atoms with E-state index < -0.39 is 5.97 Å². The van der Waals surface area contributed by atoms with Gasteiger partial charge in [0.1, 0.15) is 11.7 Å². The van der Waals surface area contributed by atoms with Gasteiger partial charge in [-0.15, -0.1) is 0 Å². The molecule has 0 aliphatic rings. The lowest BCUT2D eigenvalue weighted by atomic mass is 10.1. The Morgan fingerprint density at radius 2 is 1.63 bits per heavy atom. The van der Waals surface area contributed by atoms with Crippen molar-refractivity contribution >= 4 is 28.7 Å². The molecule has 10 heteroatoms. The first-order valence-electron chi connectivity index (χ1n) is 14.5. The van der Waals surface area contributed by atoms with Crippen molar-refractivity contribution in [3.63, 3.8) is 0 Å². The van der Waals surface area contributed by atoms with Crippen molar-refractivity contribution in [2.24, 2.45) is 11.5 Å². The number of carbonyl (C=O) groups excluding carboxylic acids is 2. The summed E-state index contributed by atoms with van der Waals surface area (Å²) in [6, 6.07) is 20.4. The number of hydrogen-bond donors (Lipinski definition) is 3. The van der Waals surface area contributed by atoms with E-state index in [2.05, 4.69) is 4.57 Å². The number of aromatic nitrogens is 2. The van der Waals surface area contributed by atoms with E-state index in [0.29, 0.717) is 56.0 Å². The standard InChI is InChI=1S/C33H40N6O4/c1-3-43-20-4-18-39-29-15-14-27(21-28(29)37-30(39)16-9-23-5-10-25(11-6-23)31(35)36)32(40)38(19-17-34)22-24-7-12-26(13-8-24)33(41)42-2/h5-8,10-15,21H,3-4,9,16-20,22,34H2,1-2H3,(H3,35,36). The molecule has 3 aromatic carbocycles. The molecule has 0 atom stereocenters. The number of esters is 1. The predicted molar refractivity (Wildman–Crippen MR) is 167 cm³/mol. The summed E-state index contributed by atoms with van der Waals surface area (Å²) in [6.07, 6.45) is 2.34. The van der Waals surface area contributed by atoms with Crippen molar-refractivity contribution in [3.05, 3.63) is 100 Å². The van der Waals surface area contributed by atoms with Crippen molar-refractivity contribution in [1.82, 2.24) is 14.5 Å². The number of rotatable bonds is 15. The number of nitrogen functional groups attached to an aromatic ring is 1. The molecule has 0 aliphatic carbocycles. The second-order valence-electron chi connectivity index (χ2n) is 10.2. The molecule has 0 unspecified atom stereocenters. The summed E-state index contributed by atoms with van der Waals surface area (Å²) < 4.78 is 12.6. The lowest BCUT2D eigenvalue weighted by Crippen LogP contribution is -2.34. The number of nitrogens with one attached hydrogen (secondary N) is 1. The smallest absolute Gasteiger partial charge is 0.337 e. The Kier molecular flexibility index (Phi) is 11.0. The van der Waals surface area contributed by atoms with Crippen molar-refractivity contribution in [1.29, 1.82) is 5.41 Å². The number of nitrogens with two attached hydrogens (primary N) is 2. The zero-order valence-corrected chi connectivity index (χ0v) is 24.8. The zero-order valence-electron chi connectivity index (χ0n) is 24.8. The molecule has 43 heavy (non-hydrogen) atoms. The Labute approximate surface area is 252 Å². The summed E-state index contributed by atoms with van der Waals surface area (Å²) in [6.45, 7) is 5.13. The average molecular weight is 585 g/mol. The molecule has 10 nitrogen and oxygen atoms in total. The molecule has 0 bridgehead atoms. The Morgan fingerprint density at radius 3 is 2.28 bits per heavy atom. The minimum absolute atomic E-state index is 0.0505. The number of hydrogen-bond acceptors (Lipinski definition) is 7. The van der Waals surface area contributed by atoms with Crippen LogP contribution in [0.2, 0.25) is 0 Å². The highest BCUT2D eigenvalue weighted by atomic mass is 16.5. The summed E-state index contributed by atoms with van der Waals surface area (Å²) in [5, 5.41) is 7.61. The molecule has 5 N–H and O–H groups in total. The van der Waals surface area contributed by atoms with Crippen LogP contribution in [0.1, 0.15) is 56.6 Å². The van der Waals surface area contributed by atoms with Crippen LogP contribution in [0.15, 0.2) is 66.7 Å². The van der Waals surface area contributed by atoms with Crippen LogP contribution in [0.4, 0.5) is 0 Å². The van der Waals surface area contributed by atoms with Crippen LogP contribution in [0.5, 0.6) is 0 Å². The van der Waals surface area contributed by atoms with Gasteiger partial charge in [0.05, 0.1) is 23.7 Å². The van der Waals surface area contributed by atoms with Crippen molar-refractivity contribution in [2.75, 3.05) is 33.4 Å². The van der Waals surface area contributed by atoms with Crippen molar-refractivity contribution < 1.29 is 19.1 Å². The molecule has 1 heterocycles. The summed E-state index contributed by atoms with van der Waals surface area (Å²) >= 11 is 0. The number of aryl methyl sites for hydroxylation is 3. The second kappa shape index (κ2) is 15.1. The first-order valence-corrected chi connectivity index (χ1v) is 14.5. The fourth-order valence-corrected chi connectivity index (χ4v) is 5.00. The maximum absolute atomic E-state index is 13.6. The molecular formula is C33H40N6O4. The van der Waals surface area contributed by atoms with Crippen LogP contribution < -0.4 is 11.5 Å². The van der Waals surface area contributed by atoms with E-state index in [1.807, 2.05) is 61.5 Å². The van der Waals surface area contributed by atoms with Crippen molar-refractivity contribution in [2.45, 2.75) is 39.3 Å². The van der Waals surface area contributed by atoms with Crippen LogP contribution in [-0.4, -0.2) is 65.6 Å². The SMILES string of the molecule is CCOCCCn1c(CCc2ccc(C(=N)N)cc2)nc2cc(C(=O)N(CCN)Cc3ccc(C(=O)OC)cc3)ccc21. The minimum Gasteiger partial charge on any atom is -0.465 e. The average Bonchev–Trinajstić information content (AvgIpc) is 3.38. The molecule has 0 radical (unpaired) electrons. The number of ether oxygens (including phenoxy) is 2. The van der Waals surface area contributed by atoms with Gasteiger partial charge >= 0.3 is 5.97 Å². The normalized spacial score (nSPS) is 11.0. The molecule has 1 amide bonds. The third kappa shape index (κ3) is 8.06. The van der Waals surface area contributed by atoms with E-state index in [1.54, 1.807) is 17.0 Å². The number of imidazole rings is 1. The summed E-state index contributed by atoms with van der Waals surface area (Å²) in [4.78, 5) is 32.1. The largest absolute Gasteiger partial charge is 0.465 e. The van der Waals surface area contributed by atoms with Gasteiger partial charge in [0, 0.05) is 56.9 Å². The van der Waals surface area contributed by atoms with Gasteiger partial charge in [-0.05, 0) is 61.2 Å². The summed E-state index contributed by atoms with van der Waals surface area (Å²) in [5.41, 5.74) is 16.9. The van der Waals surface area contributed by atoms with Gasteiger partial charge in [0.25, 0.3) is 5.91 Å². The highest BCUT2D eigenvalue weighted by Gasteiger charge is 2.19. The van der Waals surface area contributed by atoms with Gasteiger partial charge in [-0.25, -0.2) is 9.78 Å². The van der Waals surface area contributed by atoms with Crippen molar-refractivity contribution in [3.8, 4) is 0 Å². The maximum Gasteiger partial charge on any atom is 0.337 e. The third-order valence-corrected chi connectivity index (χ3v) is 7.29. The second-order valence-corrected chi connectivity index (χ2v) is 10.2. The van der Waals surface area contributed by atoms with Crippen LogP contribution in [0, 0.1) is 5.41 Å². The Balaban J connectivity index is 1.56. The molecule has 4 rings (SSSR count). The highest BCUT2D eigenvalue weighted by molar-refractivity contribution is 5.97. The van der Waals surface area contributed by atoms with E-state index >= 15 is 0 Å². The number of amides is 1. The number of amidine groups is 1. The summed E-state index contributed by atoms with van der Waals surface area (Å²) in [7, 11) is 1.34. The number of nitrogens with zero attached hydrogens (tertiary/aromatic N) is 3. The molecule has 0 saturated carbocycles. The van der Waals surface area contributed by atoms with E-state index in [-0.39, 0.29) is 11.7 Å². The quantitative estimate of drug-likeness (QED) is 0.0830. The number of carbonyl (C=O) groups is 2. The predicted octanol–water partition coefficient (Wildman–Crippen LogP) is 3.92. The van der Waals surface area contributed by atoms with E-state index in [0.717, 1.165) is 47.4 Å². The lowest BCUT2D eigenvalue weighted by Gasteiger charge is -2.22. The lowest BCUT2D eigenvalue weighted by molar-refractivity contribution is 0.0600. The molecular weight excluding hydrogens is 544 g/mol. The molecule has 226 valence electrons. The Morgan fingerprint density at radius 1 is 0.953 bits per heavy atom. The number of benzene rings is 3.